The molecule has 0 saturated carbocycles. The molecule has 0 aliphatic carbocycles. The standard InChI is InChI=1S/C7H16N2O2/c1-3-11-7(10-2)6-4-8-9-5-6/h6-9H,3-5H2,1-2H3. The van der Waals surface area contributed by atoms with E-state index in [2.05, 4.69) is 10.9 Å². The van der Waals surface area contributed by atoms with Gasteiger partial charge >= 0.3 is 0 Å². The smallest absolute Gasteiger partial charge is 0.162 e. The first kappa shape index (κ1) is 8.93. The number of hydrogen-bond acceptors (Lipinski definition) is 4. The third-order valence-corrected chi connectivity index (χ3v) is 1.80. The number of hydrazine groups is 1. The van der Waals surface area contributed by atoms with Gasteiger partial charge in [0, 0.05) is 32.7 Å². The summed E-state index contributed by atoms with van der Waals surface area (Å²) in [5, 5.41) is 0. The predicted octanol–water partition coefficient (Wildman–Crippen LogP) is -0.281. The largest absolute Gasteiger partial charge is 0.356 e. The monoisotopic (exact) mass is 160 g/mol. The second kappa shape index (κ2) is 4.66. The maximum Gasteiger partial charge on any atom is 0.162 e. The summed E-state index contributed by atoms with van der Waals surface area (Å²) in [6, 6.07) is 0. The molecule has 1 fully saturated rings. The van der Waals surface area contributed by atoms with E-state index in [1.165, 1.54) is 0 Å². The Morgan fingerprint density at radius 1 is 1.45 bits per heavy atom. The van der Waals surface area contributed by atoms with Gasteiger partial charge < -0.3 is 9.47 Å². The van der Waals surface area contributed by atoms with E-state index in [4.69, 9.17) is 9.47 Å². The van der Waals surface area contributed by atoms with Gasteiger partial charge in [0.05, 0.1) is 0 Å². The maximum absolute atomic E-state index is 5.37. The van der Waals surface area contributed by atoms with Crippen molar-refractivity contribution in [2.45, 2.75) is 13.2 Å². The molecule has 1 saturated heterocycles. The molecule has 1 heterocycles. The molecule has 4 heteroatoms. The van der Waals surface area contributed by atoms with Gasteiger partial charge in [0.1, 0.15) is 0 Å². The van der Waals surface area contributed by atoms with Crippen LogP contribution in [0, 0.1) is 5.92 Å². The Morgan fingerprint density at radius 3 is 2.55 bits per heavy atom. The Bertz CT molecular complexity index is 105. The minimum atomic E-state index is -0.0671. The average molecular weight is 160 g/mol. The highest BCUT2D eigenvalue weighted by Gasteiger charge is 2.24. The number of hydrogen-bond donors (Lipinski definition) is 2. The second-order valence-corrected chi connectivity index (χ2v) is 2.58. The van der Waals surface area contributed by atoms with E-state index < -0.39 is 0 Å². The van der Waals surface area contributed by atoms with Gasteiger partial charge in [-0.1, -0.05) is 0 Å². The third-order valence-electron chi connectivity index (χ3n) is 1.80. The first-order valence-corrected chi connectivity index (χ1v) is 3.98. The molecule has 4 nitrogen and oxygen atoms in total. The van der Waals surface area contributed by atoms with Crippen molar-refractivity contribution < 1.29 is 9.47 Å². The summed E-state index contributed by atoms with van der Waals surface area (Å²) in [6.45, 7) is 4.51. The molecule has 0 radical (unpaired) electrons. The number of ether oxygens (including phenoxy) is 2. The first-order chi connectivity index (χ1) is 5.38. The van der Waals surface area contributed by atoms with Gasteiger partial charge in [0.25, 0.3) is 0 Å². The Balaban J connectivity index is 2.27. The lowest BCUT2D eigenvalue weighted by Crippen LogP contribution is -2.29. The zero-order chi connectivity index (χ0) is 8.10. The average Bonchev–Trinajstić information content (AvgIpc) is 2.52. The van der Waals surface area contributed by atoms with Gasteiger partial charge in [-0.2, -0.15) is 0 Å². The van der Waals surface area contributed by atoms with E-state index in [1.807, 2.05) is 6.92 Å². The predicted molar refractivity (Wildman–Crippen MR) is 41.9 cm³/mol. The molecule has 0 aromatic rings. The summed E-state index contributed by atoms with van der Waals surface area (Å²) in [5.41, 5.74) is 6.07. The lowest BCUT2D eigenvalue weighted by molar-refractivity contribution is -0.146. The molecular weight excluding hydrogens is 144 g/mol. The highest BCUT2D eigenvalue weighted by Crippen LogP contribution is 2.09. The van der Waals surface area contributed by atoms with Crippen LogP contribution in [0.2, 0.25) is 0 Å². The van der Waals surface area contributed by atoms with Crippen LogP contribution in [-0.4, -0.2) is 33.1 Å². The summed E-state index contributed by atoms with van der Waals surface area (Å²) in [6.07, 6.45) is -0.0671. The summed E-state index contributed by atoms with van der Waals surface area (Å²) >= 11 is 0. The van der Waals surface area contributed by atoms with E-state index >= 15 is 0 Å². The molecule has 0 spiro atoms. The van der Waals surface area contributed by atoms with Crippen molar-refractivity contribution >= 4 is 0 Å². The SMILES string of the molecule is CCOC(OC)C1CNNC1. The van der Waals surface area contributed by atoms with Crippen LogP contribution >= 0.6 is 0 Å². The Kier molecular flexibility index (Phi) is 3.79. The number of rotatable bonds is 4. The van der Waals surface area contributed by atoms with Crippen LogP contribution in [-0.2, 0) is 9.47 Å². The quantitative estimate of drug-likeness (QED) is 0.555. The van der Waals surface area contributed by atoms with Crippen molar-refractivity contribution in [2.24, 2.45) is 5.92 Å². The van der Waals surface area contributed by atoms with Crippen molar-refractivity contribution in [1.29, 1.82) is 0 Å². The highest BCUT2D eigenvalue weighted by molar-refractivity contribution is 4.72. The summed E-state index contributed by atoms with van der Waals surface area (Å²) in [5.74, 6) is 0.431. The van der Waals surface area contributed by atoms with Gasteiger partial charge in [-0.3, -0.25) is 10.9 Å². The molecule has 1 rings (SSSR count). The molecule has 0 aromatic heterocycles. The molecule has 66 valence electrons. The van der Waals surface area contributed by atoms with Crippen molar-refractivity contribution in [3.8, 4) is 0 Å². The van der Waals surface area contributed by atoms with E-state index in [0.717, 1.165) is 13.1 Å². The van der Waals surface area contributed by atoms with Crippen LogP contribution in [0.3, 0.4) is 0 Å². The van der Waals surface area contributed by atoms with E-state index in [-0.39, 0.29) is 6.29 Å². The molecule has 1 aliphatic heterocycles. The van der Waals surface area contributed by atoms with Gasteiger partial charge in [-0.05, 0) is 6.92 Å². The highest BCUT2D eigenvalue weighted by atomic mass is 16.7. The maximum atomic E-state index is 5.37. The Hall–Kier alpha value is -0.160. The zero-order valence-corrected chi connectivity index (χ0v) is 7.09. The fraction of sp³-hybridized carbons (Fsp3) is 1.00. The number of nitrogens with one attached hydrogen (secondary N) is 2. The van der Waals surface area contributed by atoms with Gasteiger partial charge in [-0.25, -0.2) is 0 Å². The van der Waals surface area contributed by atoms with E-state index in [9.17, 15) is 0 Å². The molecular formula is C7H16N2O2. The van der Waals surface area contributed by atoms with E-state index in [1.54, 1.807) is 7.11 Å². The molecule has 0 aromatic carbocycles. The second-order valence-electron chi connectivity index (χ2n) is 2.58. The summed E-state index contributed by atoms with van der Waals surface area (Å²) in [7, 11) is 1.68. The zero-order valence-electron chi connectivity index (χ0n) is 7.09. The Labute approximate surface area is 67.2 Å². The molecule has 2 N–H and O–H groups in total. The molecule has 1 atom stereocenters. The first-order valence-electron chi connectivity index (χ1n) is 3.98. The van der Waals surface area contributed by atoms with Crippen LogP contribution < -0.4 is 10.9 Å². The molecule has 1 unspecified atom stereocenters. The fourth-order valence-electron chi connectivity index (χ4n) is 1.23. The third kappa shape index (κ3) is 2.41. The van der Waals surface area contributed by atoms with Crippen LogP contribution in [0.5, 0.6) is 0 Å². The fourth-order valence-corrected chi connectivity index (χ4v) is 1.23. The van der Waals surface area contributed by atoms with Crippen LogP contribution in [0.15, 0.2) is 0 Å². The van der Waals surface area contributed by atoms with Crippen LogP contribution in [0.1, 0.15) is 6.92 Å². The van der Waals surface area contributed by atoms with Crippen LogP contribution in [0.4, 0.5) is 0 Å². The van der Waals surface area contributed by atoms with Gasteiger partial charge in [0.15, 0.2) is 6.29 Å². The minimum absolute atomic E-state index is 0.0671. The van der Waals surface area contributed by atoms with Crippen molar-refractivity contribution in [2.75, 3.05) is 26.8 Å². The van der Waals surface area contributed by atoms with Crippen molar-refractivity contribution in [3.05, 3.63) is 0 Å². The normalized spacial score (nSPS) is 22.4. The van der Waals surface area contributed by atoms with Crippen molar-refractivity contribution in [3.63, 3.8) is 0 Å². The number of methoxy groups -OCH3 is 1. The van der Waals surface area contributed by atoms with E-state index in [0.29, 0.717) is 12.5 Å². The minimum Gasteiger partial charge on any atom is -0.356 e. The molecule has 11 heavy (non-hydrogen) atoms. The Morgan fingerprint density at radius 2 is 2.09 bits per heavy atom. The van der Waals surface area contributed by atoms with Crippen molar-refractivity contribution in [1.82, 2.24) is 10.9 Å². The summed E-state index contributed by atoms with van der Waals surface area (Å²) in [4.78, 5) is 0. The molecule has 1 aliphatic rings. The molecule has 0 amide bonds. The summed E-state index contributed by atoms with van der Waals surface area (Å²) < 4.78 is 10.5. The lowest BCUT2D eigenvalue weighted by Gasteiger charge is -2.19. The van der Waals surface area contributed by atoms with Gasteiger partial charge in [0.2, 0.25) is 0 Å². The molecule has 0 bridgehead atoms. The lowest BCUT2D eigenvalue weighted by atomic mass is 10.1. The van der Waals surface area contributed by atoms with Gasteiger partial charge in [-0.15, -0.1) is 0 Å². The topological polar surface area (TPSA) is 42.5 Å². The van der Waals surface area contributed by atoms with Crippen LogP contribution in [0.25, 0.3) is 0 Å².